The minimum Gasteiger partial charge on any atom is -0.367 e. The predicted octanol–water partition coefficient (Wildman–Crippen LogP) is 1.31. The number of fused-ring (bicyclic) bond motifs is 1. The number of carbonyl (C=O) groups is 1. The zero-order chi connectivity index (χ0) is 9.26. The smallest absolute Gasteiger partial charge is 0.251 e. The Bertz CT molecular complexity index is 354. The molecule has 13 heavy (non-hydrogen) atoms. The van der Waals surface area contributed by atoms with Gasteiger partial charge in [-0.3, -0.25) is 4.79 Å². The largest absolute Gasteiger partial charge is 0.367 e. The van der Waals surface area contributed by atoms with Crippen molar-refractivity contribution in [3.8, 4) is 0 Å². The highest BCUT2D eigenvalue weighted by atomic mass is 79.9. The number of aromatic nitrogens is 1. The molecule has 0 bridgehead atoms. The van der Waals surface area contributed by atoms with Crippen molar-refractivity contribution in [3.05, 3.63) is 22.3 Å². The van der Waals surface area contributed by atoms with Crippen LogP contribution in [0.25, 0.3) is 0 Å². The van der Waals surface area contributed by atoms with Crippen LogP contribution in [0.5, 0.6) is 0 Å². The van der Waals surface area contributed by atoms with Crippen molar-refractivity contribution >= 4 is 27.7 Å². The first-order valence-electron chi connectivity index (χ1n) is 3.78. The van der Waals surface area contributed by atoms with Gasteiger partial charge in [0.1, 0.15) is 12.4 Å². The van der Waals surface area contributed by atoms with E-state index in [1.165, 1.54) is 0 Å². The van der Waals surface area contributed by atoms with Crippen molar-refractivity contribution in [2.24, 2.45) is 0 Å². The lowest BCUT2D eigenvalue weighted by Gasteiger charge is -2.03. The van der Waals surface area contributed by atoms with Crippen LogP contribution in [0.4, 0.5) is 5.82 Å². The maximum absolute atomic E-state index is 11.0. The van der Waals surface area contributed by atoms with Crippen LogP contribution in [0.1, 0.15) is 5.56 Å². The van der Waals surface area contributed by atoms with Gasteiger partial charge in [0.2, 0.25) is 0 Å². The molecule has 0 aliphatic carbocycles. The van der Waals surface area contributed by atoms with Crippen molar-refractivity contribution < 1.29 is 9.53 Å². The van der Waals surface area contributed by atoms with Crippen molar-refractivity contribution in [1.82, 2.24) is 4.98 Å². The monoisotopic (exact) mass is 242 g/mol. The van der Waals surface area contributed by atoms with Gasteiger partial charge in [0.15, 0.2) is 0 Å². The van der Waals surface area contributed by atoms with E-state index in [1.54, 1.807) is 6.20 Å². The number of amides is 1. The summed E-state index contributed by atoms with van der Waals surface area (Å²) in [6, 6.07) is 1.88. The van der Waals surface area contributed by atoms with Gasteiger partial charge in [-0.1, -0.05) is 0 Å². The Morgan fingerprint density at radius 2 is 2.38 bits per heavy atom. The second-order valence-corrected chi connectivity index (χ2v) is 3.62. The van der Waals surface area contributed by atoms with Crippen LogP contribution < -0.4 is 5.32 Å². The van der Waals surface area contributed by atoms with Crippen molar-refractivity contribution in [2.45, 2.75) is 6.61 Å². The Hall–Kier alpha value is -0.940. The first-order chi connectivity index (χ1) is 6.25. The molecule has 1 aromatic heterocycles. The molecule has 4 nitrogen and oxygen atoms in total. The van der Waals surface area contributed by atoms with Gasteiger partial charge in [-0.05, 0) is 22.0 Å². The van der Waals surface area contributed by atoms with E-state index < -0.39 is 0 Å². The standard InChI is InChI=1S/C8H7BrN2O2/c9-6-1-5-3-13-4-7(12)11-8(5)10-2-6/h1-2H,3-4H2,(H,10,11,12). The third kappa shape index (κ3) is 1.87. The molecule has 2 rings (SSSR count). The van der Waals surface area contributed by atoms with Crippen molar-refractivity contribution in [1.29, 1.82) is 0 Å². The number of halogens is 1. The maximum Gasteiger partial charge on any atom is 0.251 e. The number of hydrogen-bond donors (Lipinski definition) is 1. The zero-order valence-corrected chi connectivity index (χ0v) is 8.30. The molecule has 0 saturated heterocycles. The number of nitrogens with one attached hydrogen (secondary N) is 1. The van der Waals surface area contributed by atoms with Gasteiger partial charge >= 0.3 is 0 Å². The average molecular weight is 243 g/mol. The molecule has 68 valence electrons. The minimum atomic E-state index is -0.159. The van der Waals surface area contributed by atoms with Gasteiger partial charge < -0.3 is 10.1 Å². The zero-order valence-electron chi connectivity index (χ0n) is 6.71. The van der Waals surface area contributed by atoms with Crippen LogP contribution in [0.3, 0.4) is 0 Å². The van der Waals surface area contributed by atoms with Crippen molar-refractivity contribution in [3.63, 3.8) is 0 Å². The number of rotatable bonds is 0. The Labute approximate surface area is 83.4 Å². The van der Waals surface area contributed by atoms with Crippen LogP contribution >= 0.6 is 15.9 Å². The first-order valence-corrected chi connectivity index (χ1v) is 4.57. The van der Waals surface area contributed by atoms with Crippen molar-refractivity contribution in [2.75, 3.05) is 11.9 Å². The number of nitrogens with zero attached hydrogens (tertiary/aromatic N) is 1. The van der Waals surface area contributed by atoms with E-state index in [9.17, 15) is 4.79 Å². The first kappa shape index (κ1) is 8.65. The molecule has 1 N–H and O–H groups in total. The Balaban J connectivity index is 2.40. The number of carbonyl (C=O) groups excluding carboxylic acids is 1. The van der Waals surface area contributed by atoms with Gasteiger partial charge in [-0.25, -0.2) is 4.98 Å². The summed E-state index contributed by atoms with van der Waals surface area (Å²) >= 11 is 3.30. The molecule has 0 fully saturated rings. The molecule has 0 radical (unpaired) electrons. The van der Waals surface area contributed by atoms with Crippen LogP contribution in [-0.2, 0) is 16.1 Å². The molecule has 0 atom stereocenters. The van der Waals surface area contributed by atoms with Gasteiger partial charge in [0, 0.05) is 16.2 Å². The molecular weight excluding hydrogens is 236 g/mol. The van der Waals surface area contributed by atoms with Gasteiger partial charge in [-0.2, -0.15) is 0 Å². The third-order valence-corrected chi connectivity index (χ3v) is 2.12. The minimum absolute atomic E-state index is 0.0912. The number of anilines is 1. The molecule has 0 spiro atoms. The highest BCUT2D eigenvalue weighted by Gasteiger charge is 2.13. The maximum atomic E-state index is 11.0. The topological polar surface area (TPSA) is 51.2 Å². The van der Waals surface area contributed by atoms with Crippen LogP contribution in [-0.4, -0.2) is 17.5 Å². The lowest BCUT2D eigenvalue weighted by Crippen LogP contribution is -2.15. The quantitative estimate of drug-likeness (QED) is 0.747. The summed E-state index contributed by atoms with van der Waals surface area (Å²) in [5.41, 5.74) is 0.889. The fourth-order valence-electron chi connectivity index (χ4n) is 1.13. The summed E-state index contributed by atoms with van der Waals surface area (Å²) < 4.78 is 6.00. The number of pyridine rings is 1. The van der Waals surface area contributed by atoms with E-state index >= 15 is 0 Å². The molecule has 1 amide bonds. The fraction of sp³-hybridized carbons (Fsp3) is 0.250. The van der Waals surface area contributed by atoms with Gasteiger partial charge in [-0.15, -0.1) is 0 Å². The van der Waals surface area contributed by atoms with E-state index in [1.807, 2.05) is 6.07 Å². The SMILES string of the molecule is O=C1COCc2cc(Br)cnc2N1. The van der Waals surface area contributed by atoms with Crippen LogP contribution in [0.2, 0.25) is 0 Å². The Kier molecular flexibility index (Phi) is 2.28. The van der Waals surface area contributed by atoms with Crippen LogP contribution in [0, 0.1) is 0 Å². The van der Waals surface area contributed by atoms with Gasteiger partial charge in [0.25, 0.3) is 5.91 Å². The Morgan fingerprint density at radius 3 is 3.23 bits per heavy atom. The van der Waals surface area contributed by atoms with E-state index in [0.29, 0.717) is 12.4 Å². The molecule has 1 aliphatic heterocycles. The molecule has 2 heterocycles. The number of hydrogen-bond acceptors (Lipinski definition) is 3. The van der Waals surface area contributed by atoms with Gasteiger partial charge in [0.05, 0.1) is 6.61 Å². The second kappa shape index (κ2) is 3.43. The summed E-state index contributed by atoms with van der Waals surface area (Å²) in [4.78, 5) is 15.1. The summed E-state index contributed by atoms with van der Waals surface area (Å²) in [6.45, 7) is 0.508. The third-order valence-electron chi connectivity index (χ3n) is 1.68. The Morgan fingerprint density at radius 1 is 1.54 bits per heavy atom. The van der Waals surface area contributed by atoms with E-state index in [4.69, 9.17) is 4.74 Å². The molecule has 0 aromatic carbocycles. The molecule has 1 aromatic rings. The van der Waals surface area contributed by atoms with E-state index in [0.717, 1.165) is 10.0 Å². The lowest BCUT2D eigenvalue weighted by atomic mass is 10.3. The molecule has 5 heteroatoms. The normalized spacial score (nSPS) is 15.9. The summed E-state index contributed by atoms with van der Waals surface area (Å²) in [7, 11) is 0. The highest BCUT2D eigenvalue weighted by Crippen LogP contribution is 2.20. The summed E-state index contributed by atoms with van der Waals surface area (Å²) in [6.07, 6.45) is 1.64. The highest BCUT2D eigenvalue weighted by molar-refractivity contribution is 9.10. The lowest BCUT2D eigenvalue weighted by molar-refractivity contribution is -0.120. The number of ether oxygens (including phenoxy) is 1. The van der Waals surface area contributed by atoms with E-state index in [-0.39, 0.29) is 12.5 Å². The predicted molar refractivity (Wildman–Crippen MR) is 50.2 cm³/mol. The van der Waals surface area contributed by atoms with Crippen LogP contribution in [0.15, 0.2) is 16.7 Å². The van der Waals surface area contributed by atoms with E-state index in [2.05, 4.69) is 26.2 Å². The second-order valence-electron chi connectivity index (χ2n) is 2.70. The summed E-state index contributed by atoms with van der Waals surface area (Å²) in [5.74, 6) is 0.430. The molecular formula is C8H7BrN2O2. The average Bonchev–Trinajstić information content (AvgIpc) is 2.25. The summed E-state index contributed by atoms with van der Waals surface area (Å²) in [5, 5.41) is 2.65. The molecule has 0 saturated carbocycles. The fourth-order valence-corrected chi connectivity index (χ4v) is 1.50. The molecule has 0 unspecified atom stereocenters. The molecule has 1 aliphatic rings.